The first-order valence-corrected chi connectivity index (χ1v) is 14.8. The molecule has 0 unspecified atom stereocenters. The van der Waals surface area contributed by atoms with Crippen LogP contribution in [-0.2, 0) is 19.6 Å². The van der Waals surface area contributed by atoms with Crippen molar-refractivity contribution in [2.75, 3.05) is 19.7 Å². The number of ketones is 1. The van der Waals surface area contributed by atoms with Gasteiger partial charge in [-0.15, -0.1) is 0 Å². The Morgan fingerprint density at radius 1 is 0.872 bits per heavy atom. The number of rotatable bonds is 8. The molecule has 1 aliphatic heterocycles. The van der Waals surface area contributed by atoms with E-state index in [0.29, 0.717) is 24.2 Å². The van der Waals surface area contributed by atoms with Crippen molar-refractivity contribution in [3.8, 4) is 5.69 Å². The first kappa shape index (κ1) is 28.5. The average molecular weight is 549 g/mol. The summed E-state index contributed by atoms with van der Waals surface area (Å²) in [5, 5.41) is 0. The lowest BCUT2D eigenvalue weighted by Crippen LogP contribution is -2.31. The van der Waals surface area contributed by atoms with Gasteiger partial charge in [-0.05, 0) is 93.6 Å². The van der Waals surface area contributed by atoms with Gasteiger partial charge >= 0.3 is 5.97 Å². The fraction of sp³-hybridized carbons (Fsp3) is 0.355. The highest BCUT2D eigenvalue weighted by Gasteiger charge is 2.25. The molecule has 0 bridgehead atoms. The van der Waals surface area contributed by atoms with Crippen LogP contribution >= 0.6 is 0 Å². The molecule has 4 rings (SSSR count). The maximum Gasteiger partial charge on any atom is 0.331 e. The van der Waals surface area contributed by atoms with Gasteiger partial charge in [0.05, 0.1) is 4.90 Å². The number of hydrogen-bond donors (Lipinski definition) is 0. The van der Waals surface area contributed by atoms with Crippen LogP contribution in [-0.4, -0.2) is 48.7 Å². The second kappa shape index (κ2) is 12.1. The number of aryl methyl sites for hydroxylation is 3. The summed E-state index contributed by atoms with van der Waals surface area (Å²) in [7, 11) is -3.53. The average Bonchev–Trinajstić information content (AvgIpc) is 3.07. The molecule has 1 aliphatic rings. The summed E-state index contributed by atoms with van der Waals surface area (Å²) in [6, 6.07) is 14.4. The molecule has 7 nitrogen and oxygen atoms in total. The lowest BCUT2D eigenvalue weighted by molar-refractivity contribution is -0.136. The number of ether oxygens (including phenoxy) is 1. The van der Waals surface area contributed by atoms with E-state index in [1.54, 1.807) is 34.6 Å². The quantitative estimate of drug-likeness (QED) is 0.204. The van der Waals surface area contributed by atoms with Crippen LogP contribution in [0.4, 0.5) is 0 Å². The molecular formula is C31H36N2O5S. The van der Waals surface area contributed by atoms with Gasteiger partial charge in [-0.1, -0.05) is 31.0 Å². The second-order valence-corrected chi connectivity index (χ2v) is 12.1. The van der Waals surface area contributed by atoms with Crippen LogP contribution in [0, 0.1) is 27.7 Å². The number of carbonyl (C=O) groups excluding carboxylic acids is 2. The fourth-order valence-corrected chi connectivity index (χ4v) is 6.43. The third kappa shape index (κ3) is 6.57. The minimum absolute atomic E-state index is 0.244. The molecule has 2 aromatic carbocycles. The van der Waals surface area contributed by atoms with Gasteiger partial charge in [0.1, 0.15) is 0 Å². The zero-order valence-corrected chi connectivity index (χ0v) is 23.9. The SMILES string of the molecule is Cc1ccc(-n2c(C)cc(C(=O)COC(=O)C=Cc3ccc(S(=O)(=O)N4CCCCCC4)cc3)c2C)cc1C. The van der Waals surface area contributed by atoms with Crippen LogP contribution in [0.1, 0.15) is 64.1 Å². The lowest BCUT2D eigenvalue weighted by Gasteiger charge is -2.19. The van der Waals surface area contributed by atoms with Crippen molar-refractivity contribution in [2.24, 2.45) is 0 Å². The molecule has 0 spiro atoms. The van der Waals surface area contributed by atoms with Crippen molar-refractivity contribution >= 4 is 27.9 Å². The summed E-state index contributed by atoms with van der Waals surface area (Å²) in [6.45, 7) is 8.66. The van der Waals surface area contributed by atoms with Crippen LogP contribution in [0.3, 0.4) is 0 Å². The van der Waals surface area contributed by atoms with E-state index in [4.69, 9.17) is 4.74 Å². The summed E-state index contributed by atoms with van der Waals surface area (Å²) in [4.78, 5) is 25.4. The molecule has 3 aromatic rings. The molecule has 0 saturated carbocycles. The van der Waals surface area contributed by atoms with E-state index in [2.05, 4.69) is 26.0 Å². The summed E-state index contributed by atoms with van der Waals surface area (Å²) < 4.78 is 34.7. The zero-order chi connectivity index (χ0) is 28.2. The monoisotopic (exact) mass is 548 g/mol. The molecule has 0 aliphatic carbocycles. The minimum atomic E-state index is -3.53. The highest BCUT2D eigenvalue weighted by atomic mass is 32.2. The van der Waals surface area contributed by atoms with Crippen LogP contribution < -0.4 is 0 Å². The van der Waals surface area contributed by atoms with E-state index in [-0.39, 0.29) is 17.3 Å². The maximum absolute atomic E-state index is 12.9. The molecule has 0 amide bonds. The summed E-state index contributed by atoms with van der Waals surface area (Å²) in [5.74, 6) is -0.921. The number of aromatic nitrogens is 1. The third-order valence-electron chi connectivity index (χ3n) is 7.32. The predicted molar refractivity (Wildman–Crippen MR) is 153 cm³/mol. The molecule has 0 radical (unpaired) electrons. The van der Waals surface area contributed by atoms with Crippen molar-refractivity contribution in [2.45, 2.75) is 58.3 Å². The Morgan fingerprint density at radius 2 is 1.54 bits per heavy atom. The van der Waals surface area contributed by atoms with Crippen molar-refractivity contribution < 1.29 is 22.7 Å². The van der Waals surface area contributed by atoms with E-state index < -0.39 is 16.0 Å². The predicted octanol–water partition coefficient (Wildman–Crippen LogP) is 5.71. The molecule has 8 heteroatoms. The molecule has 1 aromatic heterocycles. The Morgan fingerprint density at radius 3 is 2.18 bits per heavy atom. The van der Waals surface area contributed by atoms with E-state index in [9.17, 15) is 18.0 Å². The Labute approximate surface area is 231 Å². The number of nitrogens with zero attached hydrogens (tertiary/aromatic N) is 2. The van der Waals surface area contributed by atoms with Crippen LogP contribution in [0.25, 0.3) is 11.8 Å². The highest BCUT2D eigenvalue weighted by molar-refractivity contribution is 7.89. The number of benzene rings is 2. The number of esters is 1. The van der Waals surface area contributed by atoms with E-state index in [1.165, 1.54) is 17.2 Å². The zero-order valence-electron chi connectivity index (χ0n) is 23.1. The molecule has 1 saturated heterocycles. The summed E-state index contributed by atoms with van der Waals surface area (Å²) >= 11 is 0. The Kier molecular flexibility index (Phi) is 8.87. The van der Waals surface area contributed by atoms with Crippen LogP contribution in [0.2, 0.25) is 0 Å². The lowest BCUT2D eigenvalue weighted by atomic mass is 10.1. The Bertz CT molecular complexity index is 1490. The molecule has 1 fully saturated rings. The van der Waals surface area contributed by atoms with Gasteiger partial charge in [0, 0.05) is 41.8 Å². The van der Waals surface area contributed by atoms with Crippen molar-refractivity contribution in [3.05, 3.63) is 88.2 Å². The van der Waals surface area contributed by atoms with Gasteiger partial charge in [0.25, 0.3) is 0 Å². The van der Waals surface area contributed by atoms with Crippen molar-refractivity contribution in [1.82, 2.24) is 8.87 Å². The minimum Gasteiger partial charge on any atom is -0.454 e. The molecule has 2 heterocycles. The molecule has 206 valence electrons. The van der Waals surface area contributed by atoms with Gasteiger partial charge < -0.3 is 9.30 Å². The molecule has 0 atom stereocenters. The highest BCUT2D eigenvalue weighted by Crippen LogP contribution is 2.24. The maximum atomic E-state index is 12.9. The van der Waals surface area contributed by atoms with Gasteiger partial charge in [-0.2, -0.15) is 4.31 Å². The normalized spacial score (nSPS) is 14.9. The number of Topliss-reactive ketones (excluding diaryl/α,β-unsaturated/α-hetero) is 1. The standard InChI is InChI=1S/C31H36N2O5S/c1-22-9-13-27(19-23(22)2)33-24(3)20-29(25(33)4)30(34)21-38-31(35)16-12-26-10-14-28(15-11-26)39(36,37)32-17-7-5-6-8-18-32/h9-16,19-20H,5-8,17-18,21H2,1-4H3. The first-order chi connectivity index (χ1) is 18.6. The Hall–Kier alpha value is -3.49. The van der Waals surface area contributed by atoms with Gasteiger partial charge in [0.15, 0.2) is 6.61 Å². The molecule has 39 heavy (non-hydrogen) atoms. The summed E-state index contributed by atoms with van der Waals surface area (Å²) in [6.07, 6.45) is 6.64. The largest absolute Gasteiger partial charge is 0.454 e. The van der Waals surface area contributed by atoms with Crippen molar-refractivity contribution in [3.63, 3.8) is 0 Å². The van der Waals surface area contributed by atoms with Crippen molar-refractivity contribution in [1.29, 1.82) is 0 Å². The topological polar surface area (TPSA) is 85.7 Å². The first-order valence-electron chi connectivity index (χ1n) is 13.3. The third-order valence-corrected chi connectivity index (χ3v) is 9.23. The van der Waals surface area contributed by atoms with E-state index in [1.807, 2.05) is 30.5 Å². The van der Waals surface area contributed by atoms with E-state index in [0.717, 1.165) is 42.8 Å². The van der Waals surface area contributed by atoms with Gasteiger partial charge in [-0.3, -0.25) is 4.79 Å². The number of hydrogen-bond acceptors (Lipinski definition) is 5. The van der Waals surface area contributed by atoms with Crippen LogP contribution in [0.5, 0.6) is 0 Å². The van der Waals surface area contributed by atoms with Crippen LogP contribution in [0.15, 0.2) is 59.5 Å². The second-order valence-electron chi connectivity index (χ2n) is 10.1. The fourth-order valence-electron chi connectivity index (χ4n) is 4.92. The molecule has 0 N–H and O–H groups in total. The van der Waals surface area contributed by atoms with E-state index >= 15 is 0 Å². The Balaban J connectivity index is 1.36. The van der Waals surface area contributed by atoms with Gasteiger partial charge in [-0.25, -0.2) is 13.2 Å². The summed E-state index contributed by atoms with van der Waals surface area (Å²) in [5.41, 5.74) is 6.24. The van der Waals surface area contributed by atoms with Gasteiger partial charge in [0.2, 0.25) is 15.8 Å². The number of sulfonamides is 1. The molecular weight excluding hydrogens is 512 g/mol. The number of carbonyl (C=O) groups is 2. The smallest absolute Gasteiger partial charge is 0.331 e.